The summed E-state index contributed by atoms with van der Waals surface area (Å²) in [5.74, 6) is -2.92. The molecular weight excluding hydrogens is 525 g/mol. The molecule has 10 heteroatoms. The molecule has 1 heterocycles. The summed E-state index contributed by atoms with van der Waals surface area (Å²) < 4.78 is 44.3. The molecule has 1 saturated carbocycles. The number of ether oxygens (including phenoxy) is 1. The SMILES string of the molecule is O=C(COC(=O)c1ccc(N2C(=O)[C@H]3C[C@H](c4ccccc4)CC[C@H]3C2=O)cc1)Nc1ccccc1C(F)(F)F. The molecule has 3 aromatic carbocycles. The van der Waals surface area contributed by atoms with Crippen LogP contribution >= 0.6 is 0 Å². The summed E-state index contributed by atoms with van der Waals surface area (Å²) in [6, 6.07) is 20.0. The maximum absolute atomic E-state index is 13.3. The van der Waals surface area contributed by atoms with Gasteiger partial charge in [0, 0.05) is 0 Å². The molecule has 1 N–H and O–H groups in total. The van der Waals surface area contributed by atoms with Crippen LogP contribution in [0.2, 0.25) is 0 Å². The topological polar surface area (TPSA) is 92.8 Å². The quantitative estimate of drug-likeness (QED) is 0.320. The van der Waals surface area contributed by atoms with E-state index in [0.29, 0.717) is 18.5 Å². The lowest BCUT2D eigenvalue weighted by atomic mass is 9.73. The first-order chi connectivity index (χ1) is 19.1. The lowest BCUT2D eigenvalue weighted by molar-refractivity contribution is -0.137. The van der Waals surface area contributed by atoms with E-state index in [-0.39, 0.29) is 29.2 Å². The highest BCUT2D eigenvalue weighted by molar-refractivity contribution is 6.22. The Hall–Kier alpha value is -4.47. The Kier molecular flexibility index (Phi) is 7.42. The van der Waals surface area contributed by atoms with E-state index < -0.39 is 41.8 Å². The first-order valence-electron chi connectivity index (χ1n) is 12.8. The zero-order valence-corrected chi connectivity index (χ0v) is 21.2. The van der Waals surface area contributed by atoms with Gasteiger partial charge in [0.05, 0.1) is 34.3 Å². The van der Waals surface area contributed by atoms with Crippen LogP contribution in [0.5, 0.6) is 0 Å². The van der Waals surface area contributed by atoms with E-state index in [2.05, 4.69) is 5.32 Å². The van der Waals surface area contributed by atoms with Gasteiger partial charge < -0.3 is 10.1 Å². The van der Waals surface area contributed by atoms with Crippen molar-refractivity contribution >= 4 is 35.1 Å². The highest BCUT2D eigenvalue weighted by atomic mass is 19.4. The number of rotatable bonds is 6. The lowest BCUT2D eigenvalue weighted by Gasteiger charge is -2.28. The van der Waals surface area contributed by atoms with Crippen LogP contribution in [0, 0.1) is 11.8 Å². The van der Waals surface area contributed by atoms with Gasteiger partial charge in [-0.2, -0.15) is 13.2 Å². The minimum absolute atomic E-state index is 0.0490. The second kappa shape index (κ2) is 11.0. The van der Waals surface area contributed by atoms with E-state index in [4.69, 9.17) is 4.74 Å². The number of nitrogens with one attached hydrogen (secondary N) is 1. The van der Waals surface area contributed by atoms with Crippen LogP contribution in [0.4, 0.5) is 24.5 Å². The Morgan fingerprint density at radius 2 is 1.50 bits per heavy atom. The number of anilines is 2. The monoisotopic (exact) mass is 550 g/mol. The fraction of sp³-hybridized carbons (Fsp3) is 0.267. The smallest absolute Gasteiger partial charge is 0.418 e. The summed E-state index contributed by atoms with van der Waals surface area (Å²) in [7, 11) is 0. The van der Waals surface area contributed by atoms with Gasteiger partial charge in [0.1, 0.15) is 0 Å². The molecule has 3 aromatic rings. The number of esters is 1. The molecule has 0 radical (unpaired) electrons. The molecule has 7 nitrogen and oxygen atoms in total. The molecule has 206 valence electrons. The number of nitrogens with zero attached hydrogens (tertiary/aromatic N) is 1. The zero-order valence-electron chi connectivity index (χ0n) is 21.2. The second-order valence-corrected chi connectivity index (χ2v) is 9.86. The predicted molar refractivity (Wildman–Crippen MR) is 139 cm³/mol. The van der Waals surface area contributed by atoms with Gasteiger partial charge in [-0.3, -0.25) is 19.3 Å². The van der Waals surface area contributed by atoms with Crippen molar-refractivity contribution in [3.05, 3.63) is 95.6 Å². The fourth-order valence-corrected chi connectivity index (χ4v) is 5.45. The minimum atomic E-state index is -4.66. The standard InChI is InChI=1S/C30H25F3N2O5/c31-30(32,33)24-8-4-5-9-25(24)34-26(36)17-40-29(39)19-10-13-21(14-11-19)35-27(37)22-15-12-20(16-23(22)28(35)38)18-6-2-1-3-7-18/h1-11,13-14,20,22-23H,12,15-17H2,(H,34,36)/t20-,22-,23+/m1/s1. The van der Waals surface area contributed by atoms with Crippen molar-refractivity contribution in [1.29, 1.82) is 0 Å². The van der Waals surface area contributed by atoms with Crippen molar-refractivity contribution in [3.63, 3.8) is 0 Å². The van der Waals surface area contributed by atoms with Crippen molar-refractivity contribution in [3.8, 4) is 0 Å². The van der Waals surface area contributed by atoms with Crippen molar-refractivity contribution in [1.82, 2.24) is 0 Å². The van der Waals surface area contributed by atoms with Gasteiger partial charge in [0.15, 0.2) is 6.61 Å². The molecule has 0 unspecified atom stereocenters. The average Bonchev–Trinajstić information content (AvgIpc) is 3.20. The van der Waals surface area contributed by atoms with Gasteiger partial charge in [-0.1, -0.05) is 42.5 Å². The summed E-state index contributed by atoms with van der Waals surface area (Å²) in [5, 5.41) is 2.10. The molecular formula is C30H25F3N2O5. The van der Waals surface area contributed by atoms with Crippen LogP contribution in [0.25, 0.3) is 0 Å². The van der Waals surface area contributed by atoms with Gasteiger partial charge in [0.25, 0.3) is 5.91 Å². The molecule has 40 heavy (non-hydrogen) atoms. The first kappa shape index (κ1) is 27.1. The summed E-state index contributed by atoms with van der Waals surface area (Å²) in [6.07, 6.45) is -2.64. The maximum atomic E-state index is 13.3. The van der Waals surface area contributed by atoms with E-state index in [0.717, 1.165) is 24.1 Å². The van der Waals surface area contributed by atoms with E-state index in [9.17, 15) is 32.3 Å². The zero-order chi connectivity index (χ0) is 28.4. The molecule has 0 bridgehead atoms. The minimum Gasteiger partial charge on any atom is -0.452 e. The van der Waals surface area contributed by atoms with Crippen LogP contribution in [0.1, 0.15) is 46.7 Å². The lowest BCUT2D eigenvalue weighted by Crippen LogP contribution is -2.30. The van der Waals surface area contributed by atoms with Crippen LogP contribution in [-0.4, -0.2) is 30.3 Å². The van der Waals surface area contributed by atoms with Gasteiger partial charge in [-0.15, -0.1) is 0 Å². The van der Waals surface area contributed by atoms with Crippen LogP contribution in [0.15, 0.2) is 78.9 Å². The number of halogens is 3. The fourth-order valence-electron chi connectivity index (χ4n) is 5.45. The van der Waals surface area contributed by atoms with Crippen LogP contribution < -0.4 is 10.2 Å². The number of carbonyl (C=O) groups excluding carboxylic acids is 4. The Morgan fingerprint density at radius 3 is 2.20 bits per heavy atom. The van der Waals surface area contributed by atoms with Gasteiger partial charge in [0.2, 0.25) is 11.8 Å². The molecule has 3 atom stereocenters. The molecule has 0 spiro atoms. The molecule has 1 saturated heterocycles. The molecule has 1 aliphatic carbocycles. The van der Waals surface area contributed by atoms with Gasteiger partial charge in [-0.25, -0.2) is 4.79 Å². The average molecular weight is 551 g/mol. The van der Waals surface area contributed by atoms with E-state index in [1.807, 2.05) is 30.3 Å². The summed E-state index contributed by atoms with van der Waals surface area (Å²) in [4.78, 5) is 52.1. The Balaban J connectivity index is 1.20. The van der Waals surface area contributed by atoms with Crippen molar-refractivity contribution in [2.24, 2.45) is 11.8 Å². The number of para-hydroxylation sites is 1. The third-order valence-electron chi connectivity index (χ3n) is 7.40. The van der Waals surface area contributed by atoms with Crippen LogP contribution in [-0.2, 0) is 25.3 Å². The number of carbonyl (C=O) groups is 4. The van der Waals surface area contributed by atoms with Crippen molar-refractivity contribution < 1.29 is 37.1 Å². The Bertz CT molecular complexity index is 1440. The largest absolute Gasteiger partial charge is 0.452 e. The molecule has 2 aliphatic rings. The number of benzene rings is 3. The third-order valence-corrected chi connectivity index (χ3v) is 7.40. The number of alkyl halides is 3. The Labute approximate surface area is 227 Å². The van der Waals surface area contributed by atoms with Crippen molar-refractivity contribution in [2.45, 2.75) is 31.4 Å². The van der Waals surface area contributed by atoms with E-state index in [1.54, 1.807) is 0 Å². The number of hydrogen-bond acceptors (Lipinski definition) is 5. The molecule has 3 amide bonds. The molecule has 5 rings (SSSR count). The summed E-state index contributed by atoms with van der Waals surface area (Å²) in [5.41, 5.74) is 0.0649. The molecule has 2 fully saturated rings. The number of fused-ring (bicyclic) bond motifs is 1. The maximum Gasteiger partial charge on any atom is 0.418 e. The predicted octanol–water partition coefficient (Wildman–Crippen LogP) is 5.57. The van der Waals surface area contributed by atoms with E-state index in [1.165, 1.54) is 41.3 Å². The number of amides is 3. The first-order valence-corrected chi connectivity index (χ1v) is 12.8. The molecule has 1 aliphatic heterocycles. The highest BCUT2D eigenvalue weighted by Crippen LogP contribution is 2.45. The van der Waals surface area contributed by atoms with Gasteiger partial charge in [-0.05, 0) is 67.1 Å². The number of imide groups is 1. The highest BCUT2D eigenvalue weighted by Gasteiger charge is 2.50. The second-order valence-electron chi connectivity index (χ2n) is 9.86. The third kappa shape index (κ3) is 5.47. The molecule has 0 aromatic heterocycles. The Morgan fingerprint density at radius 1 is 0.850 bits per heavy atom. The summed E-state index contributed by atoms with van der Waals surface area (Å²) in [6.45, 7) is -0.804. The number of hydrogen-bond donors (Lipinski definition) is 1. The van der Waals surface area contributed by atoms with Crippen molar-refractivity contribution in [2.75, 3.05) is 16.8 Å². The van der Waals surface area contributed by atoms with Crippen LogP contribution in [0.3, 0.4) is 0 Å². The normalized spacial score (nSPS) is 20.7. The van der Waals surface area contributed by atoms with Gasteiger partial charge >= 0.3 is 12.1 Å². The summed E-state index contributed by atoms with van der Waals surface area (Å²) >= 11 is 0. The van der Waals surface area contributed by atoms with E-state index >= 15 is 0 Å².